The molecule has 0 saturated heterocycles. The van der Waals surface area contributed by atoms with Crippen molar-refractivity contribution in [3.63, 3.8) is 0 Å². The van der Waals surface area contributed by atoms with Crippen molar-refractivity contribution in [3.05, 3.63) is 75.3 Å². The van der Waals surface area contributed by atoms with E-state index in [4.69, 9.17) is 4.74 Å². The van der Waals surface area contributed by atoms with Gasteiger partial charge in [0.1, 0.15) is 13.2 Å². The molecular formula is C15H13NO5S. The Kier molecular flexibility index (Phi) is 5.37. The van der Waals surface area contributed by atoms with Crippen LogP contribution in [-0.2, 0) is 22.8 Å². The zero-order valence-electron chi connectivity index (χ0n) is 11.5. The highest BCUT2D eigenvalue weighted by Crippen LogP contribution is 2.12. The van der Waals surface area contributed by atoms with Gasteiger partial charge in [-0.05, 0) is 35.4 Å². The molecule has 2 aromatic rings. The predicted octanol–water partition coefficient (Wildman–Crippen LogP) is 3.04. The summed E-state index contributed by atoms with van der Waals surface area (Å²) in [4.78, 5) is 27.1. The Hall–Kier alpha value is -2.54. The molecule has 6 nitrogen and oxygen atoms in total. The Morgan fingerprint density at radius 2 is 1.73 bits per heavy atom. The molecule has 0 aromatic heterocycles. The summed E-state index contributed by atoms with van der Waals surface area (Å²) in [5, 5.41) is 9.31. The monoisotopic (exact) mass is 319 g/mol. The summed E-state index contributed by atoms with van der Waals surface area (Å²) in [6.45, 7) is -0.0635. The lowest BCUT2D eigenvalue weighted by Gasteiger charge is -2.07. The highest BCUT2D eigenvalue weighted by molar-refractivity contribution is 7.80. The molecule has 0 spiro atoms. The molecule has 0 aliphatic rings. The van der Waals surface area contributed by atoms with Gasteiger partial charge in [-0.15, -0.1) is 22.7 Å². The number of rotatable bonds is 6. The van der Waals surface area contributed by atoms with Crippen LogP contribution in [0.1, 0.15) is 21.5 Å². The summed E-state index contributed by atoms with van der Waals surface area (Å²) in [6, 6.07) is 13.5. The number of hydrogen-bond donors (Lipinski definition) is 1. The lowest BCUT2D eigenvalue weighted by molar-refractivity contribution is -0.763. The van der Waals surface area contributed by atoms with Crippen molar-refractivity contribution in [1.29, 1.82) is 0 Å². The predicted molar refractivity (Wildman–Crippen MR) is 81.0 cm³/mol. The summed E-state index contributed by atoms with van der Waals surface area (Å²) in [7, 11) is 0. The van der Waals surface area contributed by atoms with Crippen LogP contribution in [0.15, 0.2) is 53.4 Å². The first-order chi connectivity index (χ1) is 10.5. The topological polar surface area (TPSA) is 78.7 Å². The summed E-state index contributed by atoms with van der Waals surface area (Å²) < 4.78 is 5.20. The third-order valence-electron chi connectivity index (χ3n) is 2.80. The maximum Gasteiger partial charge on any atom is 0.338 e. The third-order valence-corrected chi connectivity index (χ3v) is 3.10. The Morgan fingerprint density at radius 1 is 1.09 bits per heavy atom. The van der Waals surface area contributed by atoms with Crippen LogP contribution in [0.3, 0.4) is 0 Å². The number of nitrogens with zero attached hydrogens (tertiary/aromatic N) is 1. The van der Waals surface area contributed by atoms with E-state index in [0.29, 0.717) is 11.1 Å². The van der Waals surface area contributed by atoms with Gasteiger partial charge in [0.2, 0.25) is 0 Å². The minimum Gasteiger partial charge on any atom is -0.457 e. The molecule has 22 heavy (non-hydrogen) atoms. The van der Waals surface area contributed by atoms with Gasteiger partial charge in [-0.1, -0.05) is 24.3 Å². The van der Waals surface area contributed by atoms with E-state index in [2.05, 4.69) is 17.5 Å². The van der Waals surface area contributed by atoms with Crippen LogP contribution in [-0.4, -0.2) is 11.1 Å². The van der Waals surface area contributed by atoms with Gasteiger partial charge in [-0.3, -0.25) is 0 Å². The zero-order valence-corrected chi connectivity index (χ0v) is 12.4. The van der Waals surface area contributed by atoms with Gasteiger partial charge in [0.05, 0.1) is 5.56 Å². The molecule has 0 saturated carbocycles. The molecule has 0 N–H and O–H groups in total. The average Bonchev–Trinajstić information content (AvgIpc) is 2.52. The van der Waals surface area contributed by atoms with Crippen molar-refractivity contribution in [3.8, 4) is 0 Å². The normalized spacial score (nSPS) is 10.0. The van der Waals surface area contributed by atoms with Crippen LogP contribution in [0.25, 0.3) is 0 Å². The maximum absolute atomic E-state index is 11.9. The Balaban J connectivity index is 1.93. The largest absolute Gasteiger partial charge is 0.457 e. The van der Waals surface area contributed by atoms with E-state index in [0.717, 1.165) is 10.5 Å². The van der Waals surface area contributed by atoms with Crippen LogP contribution < -0.4 is 0 Å². The molecule has 0 aliphatic carbocycles. The molecule has 0 aliphatic heterocycles. The number of hydrogen-bond acceptors (Lipinski definition) is 6. The number of benzene rings is 2. The van der Waals surface area contributed by atoms with E-state index >= 15 is 0 Å². The van der Waals surface area contributed by atoms with Gasteiger partial charge in [-0.2, -0.15) is 0 Å². The molecule has 0 fully saturated rings. The summed E-state index contributed by atoms with van der Waals surface area (Å²) >= 11 is 4.14. The summed E-state index contributed by atoms with van der Waals surface area (Å²) in [5.41, 5.74) is 1.79. The Morgan fingerprint density at radius 3 is 2.36 bits per heavy atom. The van der Waals surface area contributed by atoms with E-state index < -0.39 is 11.1 Å². The van der Waals surface area contributed by atoms with E-state index in [-0.39, 0.29) is 13.2 Å². The number of thiol groups is 1. The second kappa shape index (κ2) is 7.46. The van der Waals surface area contributed by atoms with Crippen LogP contribution in [0.2, 0.25) is 0 Å². The lowest BCUT2D eigenvalue weighted by Crippen LogP contribution is -2.05. The smallest absolute Gasteiger partial charge is 0.338 e. The van der Waals surface area contributed by atoms with E-state index in [9.17, 15) is 14.9 Å². The first kappa shape index (κ1) is 15.8. The van der Waals surface area contributed by atoms with Crippen molar-refractivity contribution >= 4 is 18.6 Å². The van der Waals surface area contributed by atoms with Crippen molar-refractivity contribution in [2.45, 2.75) is 18.1 Å². The molecule has 0 amide bonds. The van der Waals surface area contributed by atoms with Crippen LogP contribution in [0.5, 0.6) is 0 Å². The fourth-order valence-corrected chi connectivity index (χ4v) is 1.92. The third kappa shape index (κ3) is 4.78. The van der Waals surface area contributed by atoms with E-state index in [1.807, 2.05) is 0 Å². The standard InChI is InChI=1S/C15H13NO5S/c17-15(13-4-6-14(22)7-5-13)20-9-11-2-1-3-12(8-11)10-21-16(18)19/h1-8,22H,9-10H2. The maximum atomic E-state index is 11.9. The molecule has 0 atom stereocenters. The molecule has 7 heteroatoms. The van der Waals surface area contributed by atoms with Crippen molar-refractivity contribution in [2.24, 2.45) is 0 Å². The fourth-order valence-electron chi connectivity index (χ4n) is 1.77. The van der Waals surface area contributed by atoms with Gasteiger partial charge in [0, 0.05) is 4.90 Å². The SMILES string of the molecule is O=C(OCc1cccc(CO[N+](=O)[O-])c1)c1ccc(S)cc1. The molecular weight excluding hydrogens is 306 g/mol. The molecule has 2 rings (SSSR count). The molecule has 2 aromatic carbocycles. The summed E-state index contributed by atoms with van der Waals surface area (Å²) in [5.74, 6) is -0.444. The minimum atomic E-state index is -0.849. The molecule has 114 valence electrons. The average molecular weight is 319 g/mol. The van der Waals surface area contributed by atoms with Gasteiger partial charge in [0.15, 0.2) is 0 Å². The highest BCUT2D eigenvalue weighted by atomic mass is 32.1. The van der Waals surface area contributed by atoms with Gasteiger partial charge >= 0.3 is 5.97 Å². The molecule has 0 unspecified atom stereocenters. The lowest BCUT2D eigenvalue weighted by atomic mass is 10.1. The van der Waals surface area contributed by atoms with Crippen molar-refractivity contribution in [2.75, 3.05) is 0 Å². The summed E-state index contributed by atoms with van der Waals surface area (Å²) in [6.07, 6.45) is 0. The van der Waals surface area contributed by atoms with E-state index in [1.165, 1.54) is 0 Å². The minimum absolute atomic E-state index is 0.0771. The number of carbonyl (C=O) groups is 1. The van der Waals surface area contributed by atoms with Crippen LogP contribution >= 0.6 is 12.6 Å². The van der Waals surface area contributed by atoms with Crippen molar-refractivity contribution in [1.82, 2.24) is 0 Å². The zero-order chi connectivity index (χ0) is 15.9. The first-order valence-electron chi connectivity index (χ1n) is 6.36. The first-order valence-corrected chi connectivity index (χ1v) is 6.80. The molecule has 0 bridgehead atoms. The van der Waals surface area contributed by atoms with Crippen LogP contribution in [0.4, 0.5) is 0 Å². The quantitative estimate of drug-likeness (QED) is 0.383. The van der Waals surface area contributed by atoms with Crippen LogP contribution in [0, 0.1) is 10.1 Å². The number of esters is 1. The number of ether oxygens (including phenoxy) is 1. The van der Waals surface area contributed by atoms with Crippen molar-refractivity contribution < 1.29 is 19.5 Å². The second-order valence-corrected chi connectivity index (χ2v) is 4.96. The Labute approximate surface area is 132 Å². The van der Waals surface area contributed by atoms with Gasteiger partial charge in [-0.25, -0.2) is 4.79 Å². The number of carbonyl (C=O) groups excluding carboxylic acids is 1. The van der Waals surface area contributed by atoms with E-state index in [1.54, 1.807) is 48.5 Å². The van der Waals surface area contributed by atoms with Gasteiger partial charge in [0.25, 0.3) is 5.09 Å². The van der Waals surface area contributed by atoms with Gasteiger partial charge < -0.3 is 9.57 Å². The second-order valence-electron chi connectivity index (χ2n) is 4.44. The molecule has 0 radical (unpaired) electrons. The molecule has 0 heterocycles. The Bertz CT molecular complexity index is 672. The highest BCUT2D eigenvalue weighted by Gasteiger charge is 2.07. The fraction of sp³-hybridized carbons (Fsp3) is 0.133.